The van der Waals surface area contributed by atoms with Crippen molar-refractivity contribution in [2.24, 2.45) is 11.7 Å². The number of amides is 1. The number of halogens is 2. The van der Waals surface area contributed by atoms with Gasteiger partial charge in [0.05, 0.1) is 6.04 Å². The van der Waals surface area contributed by atoms with Gasteiger partial charge in [-0.25, -0.2) is 8.78 Å². The lowest BCUT2D eigenvalue weighted by Gasteiger charge is -2.40. The Balaban J connectivity index is 1.81. The summed E-state index contributed by atoms with van der Waals surface area (Å²) in [5, 5.41) is 0. The fourth-order valence-corrected chi connectivity index (χ4v) is 3.52. The molecule has 2 aromatic rings. The van der Waals surface area contributed by atoms with Crippen LogP contribution in [0.25, 0.3) is 0 Å². The van der Waals surface area contributed by atoms with Gasteiger partial charge in [-0.1, -0.05) is 31.2 Å². The van der Waals surface area contributed by atoms with Crippen LogP contribution < -0.4 is 5.73 Å². The molecule has 2 N–H and O–H groups in total. The molecule has 144 valence electrons. The molecule has 1 fully saturated rings. The summed E-state index contributed by atoms with van der Waals surface area (Å²) in [5.74, 6) is -0.676. The standard InChI is InChI=1S/C21H25F2N3O/c1-15(14-24)21(27)26-12-10-25(11-13-26)20(16-2-6-18(22)7-3-16)17-4-8-19(23)9-5-17/h2-9,15,20H,10-14,24H2,1H3. The molecule has 1 saturated heterocycles. The first kappa shape index (κ1) is 19.5. The van der Waals surface area contributed by atoms with Gasteiger partial charge in [0.2, 0.25) is 5.91 Å². The highest BCUT2D eigenvalue weighted by Gasteiger charge is 2.29. The van der Waals surface area contributed by atoms with Crippen molar-refractivity contribution in [3.8, 4) is 0 Å². The summed E-state index contributed by atoms with van der Waals surface area (Å²) in [6.45, 7) is 4.77. The van der Waals surface area contributed by atoms with Crippen molar-refractivity contribution in [3.63, 3.8) is 0 Å². The molecule has 6 heteroatoms. The number of hydrogen-bond donors (Lipinski definition) is 1. The van der Waals surface area contributed by atoms with Crippen LogP contribution in [-0.2, 0) is 4.79 Å². The van der Waals surface area contributed by atoms with Crippen molar-refractivity contribution >= 4 is 5.91 Å². The van der Waals surface area contributed by atoms with Crippen molar-refractivity contribution in [1.29, 1.82) is 0 Å². The predicted octanol–water partition coefficient (Wildman–Crippen LogP) is 2.79. The Morgan fingerprint density at radius 3 is 1.78 bits per heavy atom. The molecule has 27 heavy (non-hydrogen) atoms. The molecule has 1 aliphatic heterocycles. The summed E-state index contributed by atoms with van der Waals surface area (Å²) in [5.41, 5.74) is 7.50. The number of nitrogens with zero attached hydrogens (tertiary/aromatic N) is 2. The Bertz CT molecular complexity index is 711. The molecule has 3 rings (SSSR count). The molecule has 0 bridgehead atoms. The maximum Gasteiger partial charge on any atom is 0.226 e. The fourth-order valence-electron chi connectivity index (χ4n) is 3.52. The summed E-state index contributed by atoms with van der Waals surface area (Å²) >= 11 is 0. The van der Waals surface area contributed by atoms with Crippen molar-refractivity contribution < 1.29 is 13.6 Å². The van der Waals surface area contributed by atoms with Gasteiger partial charge in [-0.3, -0.25) is 9.69 Å². The van der Waals surface area contributed by atoms with Crippen LogP contribution in [-0.4, -0.2) is 48.4 Å². The van der Waals surface area contributed by atoms with Crippen molar-refractivity contribution in [2.75, 3.05) is 32.7 Å². The van der Waals surface area contributed by atoms with Crippen LogP contribution in [0.1, 0.15) is 24.1 Å². The maximum atomic E-state index is 13.4. The summed E-state index contributed by atoms with van der Waals surface area (Å²) in [7, 11) is 0. The molecule has 1 atom stereocenters. The smallest absolute Gasteiger partial charge is 0.226 e. The van der Waals surface area contributed by atoms with Gasteiger partial charge in [0, 0.05) is 38.6 Å². The van der Waals surface area contributed by atoms with E-state index in [-0.39, 0.29) is 29.5 Å². The first-order valence-corrected chi connectivity index (χ1v) is 9.23. The second-order valence-electron chi connectivity index (χ2n) is 7.00. The Kier molecular flexibility index (Phi) is 6.19. The highest BCUT2D eigenvalue weighted by molar-refractivity contribution is 5.78. The lowest BCUT2D eigenvalue weighted by Crippen LogP contribution is -2.51. The number of rotatable bonds is 5. The number of nitrogens with two attached hydrogens (primary N) is 1. The van der Waals surface area contributed by atoms with E-state index >= 15 is 0 Å². The summed E-state index contributed by atoms with van der Waals surface area (Å²) in [4.78, 5) is 16.5. The number of carbonyl (C=O) groups is 1. The molecule has 0 aromatic heterocycles. The number of hydrogen-bond acceptors (Lipinski definition) is 3. The van der Waals surface area contributed by atoms with E-state index in [1.165, 1.54) is 24.3 Å². The maximum absolute atomic E-state index is 13.4. The molecule has 0 radical (unpaired) electrons. The van der Waals surface area contributed by atoms with E-state index in [1.54, 1.807) is 24.3 Å². The second kappa shape index (κ2) is 8.59. The zero-order valence-corrected chi connectivity index (χ0v) is 15.4. The highest BCUT2D eigenvalue weighted by Crippen LogP contribution is 2.30. The lowest BCUT2D eigenvalue weighted by atomic mass is 9.96. The van der Waals surface area contributed by atoms with Gasteiger partial charge >= 0.3 is 0 Å². The number of carbonyl (C=O) groups excluding carboxylic acids is 1. The average molecular weight is 373 g/mol. The fraction of sp³-hybridized carbons (Fsp3) is 0.381. The van der Waals surface area contributed by atoms with Crippen LogP contribution in [0, 0.1) is 17.6 Å². The van der Waals surface area contributed by atoms with Gasteiger partial charge in [-0.15, -0.1) is 0 Å². The van der Waals surface area contributed by atoms with Gasteiger partial charge < -0.3 is 10.6 Å². The second-order valence-corrected chi connectivity index (χ2v) is 7.00. The van der Waals surface area contributed by atoms with E-state index < -0.39 is 0 Å². The molecule has 0 saturated carbocycles. The quantitative estimate of drug-likeness (QED) is 0.877. The molecule has 0 aliphatic carbocycles. The molecular formula is C21H25F2N3O. The Labute approximate surface area is 158 Å². The Morgan fingerprint density at radius 1 is 0.926 bits per heavy atom. The third-order valence-corrected chi connectivity index (χ3v) is 5.14. The third kappa shape index (κ3) is 4.51. The molecule has 1 aliphatic rings. The van der Waals surface area contributed by atoms with Crippen LogP contribution in [0.3, 0.4) is 0 Å². The van der Waals surface area contributed by atoms with Crippen LogP contribution in [0.2, 0.25) is 0 Å². The van der Waals surface area contributed by atoms with Gasteiger partial charge in [-0.2, -0.15) is 0 Å². The molecule has 2 aromatic carbocycles. The number of piperazine rings is 1. The van der Waals surface area contributed by atoms with E-state index in [2.05, 4.69) is 4.90 Å². The topological polar surface area (TPSA) is 49.6 Å². The predicted molar refractivity (Wildman–Crippen MR) is 101 cm³/mol. The molecule has 1 unspecified atom stereocenters. The lowest BCUT2D eigenvalue weighted by molar-refractivity contribution is -0.136. The molecule has 1 amide bonds. The van der Waals surface area contributed by atoms with Gasteiger partial charge in [0.25, 0.3) is 0 Å². The summed E-state index contributed by atoms with van der Waals surface area (Å²) in [6, 6.07) is 12.7. The zero-order valence-electron chi connectivity index (χ0n) is 15.4. The van der Waals surface area contributed by atoms with E-state index in [4.69, 9.17) is 5.73 Å². The average Bonchev–Trinajstić information content (AvgIpc) is 2.70. The SMILES string of the molecule is CC(CN)C(=O)N1CCN(C(c2ccc(F)cc2)c2ccc(F)cc2)CC1. The van der Waals surface area contributed by atoms with E-state index in [0.717, 1.165) is 11.1 Å². The highest BCUT2D eigenvalue weighted by atomic mass is 19.1. The van der Waals surface area contributed by atoms with Gasteiger partial charge in [-0.05, 0) is 35.4 Å². The number of benzene rings is 2. The first-order chi connectivity index (χ1) is 13.0. The van der Waals surface area contributed by atoms with Crippen LogP contribution >= 0.6 is 0 Å². The van der Waals surface area contributed by atoms with Crippen molar-refractivity contribution in [1.82, 2.24) is 9.80 Å². The van der Waals surface area contributed by atoms with Gasteiger partial charge in [0.15, 0.2) is 0 Å². The molecule has 0 spiro atoms. The minimum Gasteiger partial charge on any atom is -0.340 e. The zero-order chi connectivity index (χ0) is 19.4. The summed E-state index contributed by atoms with van der Waals surface area (Å²) in [6.07, 6.45) is 0. The van der Waals surface area contributed by atoms with Crippen LogP contribution in [0.15, 0.2) is 48.5 Å². The van der Waals surface area contributed by atoms with E-state index in [0.29, 0.717) is 32.7 Å². The van der Waals surface area contributed by atoms with Crippen LogP contribution in [0.4, 0.5) is 8.78 Å². The summed E-state index contributed by atoms with van der Waals surface area (Å²) < 4.78 is 26.8. The Morgan fingerprint density at radius 2 is 1.37 bits per heavy atom. The monoisotopic (exact) mass is 373 g/mol. The molecule has 4 nitrogen and oxygen atoms in total. The van der Waals surface area contributed by atoms with E-state index in [1.807, 2.05) is 11.8 Å². The minimum absolute atomic E-state index is 0.0808. The minimum atomic E-state index is -0.289. The molecular weight excluding hydrogens is 348 g/mol. The molecule has 1 heterocycles. The largest absolute Gasteiger partial charge is 0.340 e. The third-order valence-electron chi connectivity index (χ3n) is 5.14. The van der Waals surface area contributed by atoms with Crippen molar-refractivity contribution in [3.05, 3.63) is 71.3 Å². The van der Waals surface area contributed by atoms with E-state index in [9.17, 15) is 13.6 Å². The van der Waals surface area contributed by atoms with Crippen molar-refractivity contribution in [2.45, 2.75) is 13.0 Å². The first-order valence-electron chi connectivity index (χ1n) is 9.23. The Hall–Kier alpha value is -2.31. The normalized spacial score (nSPS) is 16.6. The van der Waals surface area contributed by atoms with Crippen LogP contribution in [0.5, 0.6) is 0 Å². The van der Waals surface area contributed by atoms with Gasteiger partial charge in [0.1, 0.15) is 11.6 Å².